The molecular weight excluding hydrogens is 264 g/mol. The molecule has 2 rings (SSSR count). The van der Waals surface area contributed by atoms with Gasteiger partial charge in [0.05, 0.1) is 13.4 Å². The number of H-pyrrole nitrogens is 1. The molecule has 1 aromatic heterocycles. The van der Waals surface area contributed by atoms with Crippen LogP contribution in [0.15, 0.2) is 12.5 Å². The Hall–Kier alpha value is -2.38. The molecule has 1 aromatic rings. The van der Waals surface area contributed by atoms with Gasteiger partial charge in [0.15, 0.2) is 0 Å². The van der Waals surface area contributed by atoms with Crippen molar-refractivity contribution in [1.29, 1.82) is 0 Å². The van der Waals surface area contributed by atoms with Crippen LogP contribution in [0.3, 0.4) is 0 Å². The van der Waals surface area contributed by atoms with Gasteiger partial charge in [-0.05, 0) is 6.42 Å². The normalized spacial score (nSPS) is 19.2. The van der Waals surface area contributed by atoms with Crippen LogP contribution in [0.1, 0.15) is 18.5 Å². The summed E-state index contributed by atoms with van der Waals surface area (Å²) in [5.74, 6) is -1.09. The van der Waals surface area contributed by atoms with Crippen molar-refractivity contribution in [2.24, 2.45) is 0 Å². The van der Waals surface area contributed by atoms with Gasteiger partial charge < -0.3 is 20.4 Å². The van der Waals surface area contributed by atoms with Crippen LogP contribution in [-0.2, 0) is 25.5 Å². The second-order valence-electron chi connectivity index (χ2n) is 4.52. The Balaban J connectivity index is 1.98. The van der Waals surface area contributed by atoms with Crippen molar-refractivity contribution in [3.63, 3.8) is 0 Å². The van der Waals surface area contributed by atoms with E-state index in [-0.39, 0.29) is 18.2 Å². The summed E-state index contributed by atoms with van der Waals surface area (Å²) in [6.07, 6.45) is 4.06. The van der Waals surface area contributed by atoms with E-state index in [1.807, 2.05) is 0 Å². The Labute approximate surface area is 115 Å². The van der Waals surface area contributed by atoms with Crippen molar-refractivity contribution in [3.8, 4) is 0 Å². The van der Waals surface area contributed by atoms with Crippen molar-refractivity contribution in [2.75, 3.05) is 7.11 Å². The molecule has 0 aromatic carbocycles. The Bertz CT molecular complexity index is 500. The third kappa shape index (κ3) is 3.34. The first kappa shape index (κ1) is 14.0. The van der Waals surface area contributed by atoms with Crippen molar-refractivity contribution in [1.82, 2.24) is 20.6 Å². The van der Waals surface area contributed by atoms with Gasteiger partial charge in [0.2, 0.25) is 11.8 Å². The van der Waals surface area contributed by atoms with Crippen LogP contribution in [0, 0.1) is 0 Å². The molecule has 108 valence electrons. The molecule has 0 unspecified atom stereocenters. The first-order valence-electron chi connectivity index (χ1n) is 6.25. The molecule has 0 aliphatic carbocycles. The van der Waals surface area contributed by atoms with E-state index >= 15 is 0 Å². The van der Waals surface area contributed by atoms with Crippen molar-refractivity contribution in [2.45, 2.75) is 31.3 Å². The van der Waals surface area contributed by atoms with Gasteiger partial charge in [-0.1, -0.05) is 0 Å². The molecule has 3 N–H and O–H groups in total. The van der Waals surface area contributed by atoms with E-state index in [0.29, 0.717) is 18.5 Å². The summed E-state index contributed by atoms with van der Waals surface area (Å²) in [4.78, 5) is 41.5. The number of aromatic nitrogens is 2. The fourth-order valence-electron chi connectivity index (χ4n) is 2.03. The highest BCUT2D eigenvalue weighted by Crippen LogP contribution is 2.08. The molecule has 0 bridgehead atoms. The predicted octanol–water partition coefficient (Wildman–Crippen LogP) is -1.11. The van der Waals surface area contributed by atoms with Gasteiger partial charge in [0, 0.05) is 24.7 Å². The molecule has 0 saturated carbocycles. The summed E-state index contributed by atoms with van der Waals surface area (Å²) >= 11 is 0. The molecule has 1 aliphatic rings. The first-order chi connectivity index (χ1) is 9.60. The van der Waals surface area contributed by atoms with Crippen LogP contribution < -0.4 is 10.6 Å². The van der Waals surface area contributed by atoms with Crippen LogP contribution >= 0.6 is 0 Å². The lowest BCUT2D eigenvalue weighted by atomic mass is 10.1. The fourth-order valence-corrected chi connectivity index (χ4v) is 2.03. The van der Waals surface area contributed by atoms with E-state index < -0.39 is 18.1 Å². The summed E-state index contributed by atoms with van der Waals surface area (Å²) in [5, 5.41) is 5.14. The zero-order chi connectivity index (χ0) is 14.5. The summed E-state index contributed by atoms with van der Waals surface area (Å²) in [5.41, 5.74) is 0.705. The number of hydrogen-bond donors (Lipinski definition) is 3. The van der Waals surface area contributed by atoms with Crippen LogP contribution in [-0.4, -0.2) is 46.9 Å². The molecule has 20 heavy (non-hydrogen) atoms. The number of carbonyl (C=O) groups excluding carboxylic acids is 3. The molecular formula is C12H16N4O4. The zero-order valence-corrected chi connectivity index (χ0v) is 11.0. The Kier molecular flexibility index (Phi) is 4.34. The molecule has 8 nitrogen and oxygen atoms in total. The van der Waals surface area contributed by atoms with Gasteiger partial charge in [-0.25, -0.2) is 9.78 Å². The quantitative estimate of drug-likeness (QED) is 0.592. The molecule has 0 spiro atoms. The number of ether oxygens (including phenoxy) is 1. The summed E-state index contributed by atoms with van der Waals surface area (Å²) < 4.78 is 4.67. The lowest BCUT2D eigenvalue weighted by Crippen LogP contribution is -2.50. The molecule has 8 heteroatoms. The number of aromatic amines is 1. The summed E-state index contributed by atoms with van der Waals surface area (Å²) in [6, 6.07) is -1.40. The maximum Gasteiger partial charge on any atom is 0.328 e. The van der Waals surface area contributed by atoms with E-state index in [1.165, 1.54) is 13.4 Å². The van der Waals surface area contributed by atoms with Gasteiger partial charge in [-0.3, -0.25) is 9.59 Å². The van der Waals surface area contributed by atoms with E-state index in [1.54, 1.807) is 6.20 Å². The number of amides is 2. The number of methoxy groups -OCH3 is 1. The molecule has 1 fully saturated rings. The molecule has 2 heterocycles. The number of nitrogens with one attached hydrogen (secondary N) is 3. The van der Waals surface area contributed by atoms with Gasteiger partial charge in [0.1, 0.15) is 12.1 Å². The number of carbonyl (C=O) groups is 3. The largest absolute Gasteiger partial charge is 0.467 e. The second-order valence-corrected chi connectivity index (χ2v) is 4.52. The number of esters is 1. The van der Waals surface area contributed by atoms with E-state index in [4.69, 9.17) is 0 Å². The zero-order valence-electron chi connectivity index (χ0n) is 11.0. The van der Waals surface area contributed by atoms with Crippen molar-refractivity contribution < 1.29 is 19.1 Å². The Morgan fingerprint density at radius 2 is 2.40 bits per heavy atom. The minimum atomic E-state index is -0.814. The Morgan fingerprint density at radius 1 is 1.60 bits per heavy atom. The van der Waals surface area contributed by atoms with Crippen LogP contribution in [0.5, 0.6) is 0 Å². The lowest BCUT2D eigenvalue weighted by molar-refractivity contribution is -0.145. The van der Waals surface area contributed by atoms with Crippen molar-refractivity contribution >= 4 is 17.8 Å². The smallest absolute Gasteiger partial charge is 0.328 e. The third-order valence-corrected chi connectivity index (χ3v) is 3.09. The minimum Gasteiger partial charge on any atom is -0.467 e. The highest BCUT2D eigenvalue weighted by molar-refractivity contribution is 5.93. The van der Waals surface area contributed by atoms with Crippen LogP contribution in [0.2, 0.25) is 0 Å². The summed E-state index contributed by atoms with van der Waals surface area (Å²) in [6.45, 7) is 0. The number of imidazole rings is 1. The average molecular weight is 280 g/mol. The first-order valence-corrected chi connectivity index (χ1v) is 6.25. The maximum atomic E-state index is 12.0. The molecule has 2 atom stereocenters. The highest BCUT2D eigenvalue weighted by Gasteiger charge is 2.31. The topological polar surface area (TPSA) is 113 Å². The standard InChI is InChI=1S/C12H16N4O4/c1-20-12(19)9(4-7-5-13-6-14-7)16-11(18)8-2-3-10(17)15-8/h5-6,8-9H,2-4H2,1H3,(H,13,14)(H,15,17)(H,16,18)/t8-,9+/m1/s1. The van der Waals surface area contributed by atoms with Gasteiger partial charge in [0.25, 0.3) is 0 Å². The highest BCUT2D eigenvalue weighted by atomic mass is 16.5. The molecule has 2 amide bonds. The summed E-state index contributed by atoms with van der Waals surface area (Å²) in [7, 11) is 1.26. The van der Waals surface area contributed by atoms with Gasteiger partial charge in [-0.2, -0.15) is 0 Å². The van der Waals surface area contributed by atoms with E-state index in [0.717, 1.165) is 0 Å². The van der Waals surface area contributed by atoms with Gasteiger partial charge in [-0.15, -0.1) is 0 Å². The molecule has 1 saturated heterocycles. The van der Waals surface area contributed by atoms with Gasteiger partial charge >= 0.3 is 5.97 Å². The predicted molar refractivity (Wildman–Crippen MR) is 67.4 cm³/mol. The lowest BCUT2D eigenvalue weighted by Gasteiger charge is -2.18. The molecule has 1 aliphatic heterocycles. The third-order valence-electron chi connectivity index (χ3n) is 3.09. The fraction of sp³-hybridized carbons (Fsp3) is 0.500. The Morgan fingerprint density at radius 3 is 2.95 bits per heavy atom. The monoisotopic (exact) mass is 280 g/mol. The average Bonchev–Trinajstić information content (AvgIpc) is 3.08. The minimum absolute atomic E-state index is 0.159. The second kappa shape index (κ2) is 6.18. The van der Waals surface area contributed by atoms with E-state index in [2.05, 4.69) is 25.3 Å². The molecule has 0 radical (unpaired) electrons. The van der Waals surface area contributed by atoms with Crippen LogP contribution in [0.4, 0.5) is 0 Å². The maximum absolute atomic E-state index is 12.0. The number of hydrogen-bond acceptors (Lipinski definition) is 5. The SMILES string of the molecule is COC(=O)[C@H](Cc1cnc[nH]1)NC(=O)[C@H]1CCC(=O)N1. The number of rotatable bonds is 5. The number of nitrogens with zero attached hydrogens (tertiary/aromatic N) is 1. The van der Waals surface area contributed by atoms with Crippen LogP contribution in [0.25, 0.3) is 0 Å². The van der Waals surface area contributed by atoms with E-state index in [9.17, 15) is 14.4 Å². The van der Waals surface area contributed by atoms with Crippen molar-refractivity contribution in [3.05, 3.63) is 18.2 Å².